The molecule has 0 saturated carbocycles. The molecule has 0 fully saturated rings. The Morgan fingerprint density at radius 1 is 0.840 bits per heavy atom. The van der Waals surface area contributed by atoms with E-state index in [-0.39, 0.29) is 5.78 Å². The van der Waals surface area contributed by atoms with E-state index in [2.05, 4.69) is 69.4 Å². The van der Waals surface area contributed by atoms with E-state index in [4.69, 9.17) is 0 Å². The van der Waals surface area contributed by atoms with Gasteiger partial charge in [-0.3, -0.25) is 9.69 Å². The van der Waals surface area contributed by atoms with Gasteiger partial charge >= 0.3 is 0 Å². The van der Waals surface area contributed by atoms with Gasteiger partial charge in [0.05, 0.1) is 8.66 Å². The Labute approximate surface area is 161 Å². The second-order valence-corrected chi connectivity index (χ2v) is 8.42. The lowest BCUT2D eigenvalue weighted by Gasteiger charge is -2.22. The number of hydrogen-bond acceptors (Lipinski definition) is 3. The van der Waals surface area contributed by atoms with Gasteiger partial charge in [0.1, 0.15) is 0 Å². The first kappa shape index (κ1) is 18.1. The minimum absolute atomic E-state index is 0.210. The molecule has 25 heavy (non-hydrogen) atoms. The quantitative estimate of drug-likeness (QED) is 0.435. The maximum atomic E-state index is 12.4. The van der Waals surface area contributed by atoms with Crippen LogP contribution in [-0.4, -0.2) is 17.2 Å². The number of carbonyl (C=O) groups excluding carboxylic acids is 1. The average Bonchev–Trinajstić information content (AvgIpc) is 3.08. The van der Waals surface area contributed by atoms with Crippen LogP contribution >= 0.6 is 27.3 Å². The van der Waals surface area contributed by atoms with Gasteiger partial charge in [0.2, 0.25) is 0 Å². The van der Waals surface area contributed by atoms with Crippen LogP contribution in [0.1, 0.15) is 27.2 Å². The summed E-state index contributed by atoms with van der Waals surface area (Å²) in [6.45, 7) is 2.44. The number of hydrogen-bond donors (Lipinski definition) is 0. The first-order valence-electron chi connectivity index (χ1n) is 8.29. The predicted molar refractivity (Wildman–Crippen MR) is 108 cm³/mol. The molecule has 2 aromatic carbocycles. The number of benzene rings is 2. The van der Waals surface area contributed by atoms with Crippen LogP contribution in [-0.2, 0) is 13.1 Å². The van der Waals surface area contributed by atoms with Crippen LogP contribution in [0.25, 0.3) is 0 Å². The molecule has 0 amide bonds. The molecule has 0 atom stereocenters. The summed E-state index contributed by atoms with van der Waals surface area (Å²) in [4.78, 5) is 15.6. The number of carbonyl (C=O) groups is 1. The highest BCUT2D eigenvalue weighted by atomic mass is 79.9. The zero-order valence-corrected chi connectivity index (χ0v) is 16.3. The summed E-state index contributed by atoms with van der Waals surface area (Å²) < 4.78 is 1.00. The standard InChI is InChI=1S/C21H20BrNOS/c22-21-12-11-20(25-21)19(24)13-14-23(15-17-7-3-1-4-8-17)16-18-9-5-2-6-10-18/h1-12H,13-16H2. The zero-order chi connectivity index (χ0) is 17.5. The minimum Gasteiger partial charge on any atom is -0.294 e. The Bertz CT molecular complexity index is 760. The van der Waals surface area contributed by atoms with Crippen LogP contribution in [0.4, 0.5) is 0 Å². The Hall–Kier alpha value is -1.75. The lowest BCUT2D eigenvalue weighted by Crippen LogP contribution is -2.25. The Kier molecular flexibility index (Phi) is 6.56. The third kappa shape index (κ3) is 5.63. The molecule has 1 heterocycles. The molecule has 0 aliphatic rings. The monoisotopic (exact) mass is 413 g/mol. The number of thiophene rings is 1. The van der Waals surface area contributed by atoms with Gasteiger partial charge < -0.3 is 0 Å². The first-order valence-corrected chi connectivity index (χ1v) is 9.90. The number of ketones is 1. The van der Waals surface area contributed by atoms with E-state index in [1.807, 2.05) is 24.3 Å². The van der Waals surface area contributed by atoms with E-state index in [0.29, 0.717) is 6.42 Å². The molecule has 4 heteroatoms. The molecule has 3 aromatic rings. The van der Waals surface area contributed by atoms with E-state index >= 15 is 0 Å². The molecule has 0 saturated heterocycles. The summed E-state index contributed by atoms with van der Waals surface area (Å²) in [7, 11) is 0. The molecule has 0 aliphatic heterocycles. The van der Waals surface area contributed by atoms with Gasteiger partial charge in [0.25, 0.3) is 0 Å². The van der Waals surface area contributed by atoms with Crippen molar-refractivity contribution < 1.29 is 4.79 Å². The summed E-state index contributed by atoms with van der Waals surface area (Å²) in [5, 5.41) is 0. The fourth-order valence-corrected chi connectivity index (χ4v) is 4.10. The van der Waals surface area contributed by atoms with Crippen LogP contribution in [0.5, 0.6) is 0 Å². The third-order valence-electron chi connectivity index (χ3n) is 4.00. The molecular formula is C21H20BrNOS. The normalized spacial score (nSPS) is 11.0. The largest absolute Gasteiger partial charge is 0.294 e. The Morgan fingerprint density at radius 3 is 1.88 bits per heavy atom. The van der Waals surface area contributed by atoms with Crippen molar-refractivity contribution >= 4 is 33.0 Å². The molecule has 3 rings (SSSR count). The lowest BCUT2D eigenvalue weighted by molar-refractivity contribution is 0.0964. The Morgan fingerprint density at radius 2 is 1.40 bits per heavy atom. The highest BCUT2D eigenvalue weighted by Crippen LogP contribution is 2.23. The van der Waals surface area contributed by atoms with E-state index < -0.39 is 0 Å². The second-order valence-electron chi connectivity index (χ2n) is 5.96. The summed E-state index contributed by atoms with van der Waals surface area (Å²) in [6, 6.07) is 24.7. The number of rotatable bonds is 8. The first-order chi connectivity index (χ1) is 12.2. The van der Waals surface area contributed by atoms with Crippen molar-refractivity contribution in [1.29, 1.82) is 0 Å². The minimum atomic E-state index is 0.210. The van der Waals surface area contributed by atoms with Gasteiger partial charge in [-0.15, -0.1) is 11.3 Å². The van der Waals surface area contributed by atoms with Crippen LogP contribution in [0.15, 0.2) is 76.6 Å². The van der Waals surface area contributed by atoms with Crippen molar-refractivity contribution in [2.75, 3.05) is 6.54 Å². The lowest BCUT2D eigenvalue weighted by atomic mass is 10.1. The van der Waals surface area contributed by atoms with Crippen LogP contribution in [0.2, 0.25) is 0 Å². The fraction of sp³-hybridized carbons (Fsp3) is 0.190. The highest BCUT2D eigenvalue weighted by Gasteiger charge is 2.13. The van der Waals surface area contributed by atoms with Crippen LogP contribution in [0.3, 0.4) is 0 Å². The molecule has 0 radical (unpaired) electrons. The number of nitrogens with zero attached hydrogens (tertiary/aromatic N) is 1. The fourth-order valence-electron chi connectivity index (χ4n) is 2.74. The predicted octanol–water partition coefficient (Wildman–Crippen LogP) is 5.79. The van der Waals surface area contributed by atoms with Crippen molar-refractivity contribution in [1.82, 2.24) is 4.90 Å². The van der Waals surface area contributed by atoms with Gasteiger partial charge in [-0.05, 0) is 39.2 Å². The molecule has 0 bridgehead atoms. The Balaban J connectivity index is 1.66. The van der Waals surface area contributed by atoms with Crippen molar-refractivity contribution in [3.63, 3.8) is 0 Å². The SMILES string of the molecule is O=C(CCN(Cc1ccccc1)Cc1ccccc1)c1ccc(Br)s1. The maximum Gasteiger partial charge on any atom is 0.174 e. The number of halogens is 1. The molecule has 0 N–H and O–H groups in total. The summed E-state index contributed by atoms with van der Waals surface area (Å²) in [5.41, 5.74) is 2.54. The van der Waals surface area contributed by atoms with E-state index in [9.17, 15) is 4.79 Å². The summed E-state index contributed by atoms with van der Waals surface area (Å²) in [6.07, 6.45) is 0.534. The summed E-state index contributed by atoms with van der Waals surface area (Å²) >= 11 is 4.93. The van der Waals surface area contributed by atoms with Gasteiger partial charge in [0, 0.05) is 26.1 Å². The maximum absolute atomic E-state index is 12.4. The topological polar surface area (TPSA) is 20.3 Å². The van der Waals surface area contributed by atoms with Crippen LogP contribution < -0.4 is 0 Å². The summed E-state index contributed by atoms with van der Waals surface area (Å²) in [5.74, 6) is 0.210. The van der Waals surface area contributed by atoms with Crippen molar-refractivity contribution in [3.05, 3.63) is 92.6 Å². The zero-order valence-electron chi connectivity index (χ0n) is 13.9. The molecule has 0 unspecified atom stereocenters. The van der Waals surface area contributed by atoms with Gasteiger partial charge in [-0.25, -0.2) is 0 Å². The molecular weight excluding hydrogens is 394 g/mol. The van der Waals surface area contributed by atoms with Gasteiger partial charge in [-0.2, -0.15) is 0 Å². The molecule has 128 valence electrons. The van der Waals surface area contributed by atoms with Crippen molar-refractivity contribution in [2.24, 2.45) is 0 Å². The third-order valence-corrected chi connectivity index (χ3v) is 5.67. The molecule has 0 spiro atoms. The molecule has 0 aliphatic carbocycles. The smallest absolute Gasteiger partial charge is 0.174 e. The van der Waals surface area contributed by atoms with E-state index in [0.717, 1.165) is 28.3 Å². The van der Waals surface area contributed by atoms with Crippen molar-refractivity contribution in [3.8, 4) is 0 Å². The number of Topliss-reactive ketones (excluding diaryl/α,β-unsaturated/α-hetero) is 1. The van der Waals surface area contributed by atoms with Gasteiger partial charge in [-0.1, -0.05) is 60.7 Å². The average molecular weight is 414 g/mol. The van der Waals surface area contributed by atoms with E-state index in [1.54, 1.807) is 0 Å². The second kappa shape index (κ2) is 9.09. The van der Waals surface area contributed by atoms with E-state index in [1.165, 1.54) is 22.5 Å². The van der Waals surface area contributed by atoms with Crippen molar-refractivity contribution in [2.45, 2.75) is 19.5 Å². The van der Waals surface area contributed by atoms with Crippen LogP contribution in [0, 0.1) is 0 Å². The molecule has 1 aromatic heterocycles. The highest BCUT2D eigenvalue weighted by molar-refractivity contribution is 9.11. The molecule has 2 nitrogen and oxygen atoms in total. The van der Waals surface area contributed by atoms with Gasteiger partial charge in [0.15, 0.2) is 5.78 Å².